The molecule has 7 heteroatoms. The highest BCUT2D eigenvalue weighted by atomic mass is 32.2. The number of benzene rings is 1. The van der Waals surface area contributed by atoms with Crippen molar-refractivity contribution < 1.29 is 17.6 Å². The predicted molar refractivity (Wildman–Crippen MR) is 60.3 cm³/mol. The summed E-state index contributed by atoms with van der Waals surface area (Å²) in [5.41, 5.74) is 0. The van der Waals surface area contributed by atoms with Crippen LogP contribution in [0.25, 0.3) is 0 Å². The van der Waals surface area contributed by atoms with Crippen molar-refractivity contribution in [2.75, 3.05) is 13.1 Å². The van der Waals surface area contributed by atoms with Crippen molar-refractivity contribution in [3.05, 3.63) is 30.1 Å². The second-order valence-corrected chi connectivity index (χ2v) is 5.05. The fourth-order valence-corrected chi connectivity index (χ4v) is 2.27. The van der Waals surface area contributed by atoms with Gasteiger partial charge in [0, 0.05) is 20.0 Å². The van der Waals surface area contributed by atoms with Crippen LogP contribution in [0.3, 0.4) is 0 Å². The lowest BCUT2D eigenvalue weighted by Gasteiger charge is -2.07. The first-order chi connectivity index (χ1) is 7.93. The summed E-state index contributed by atoms with van der Waals surface area (Å²) in [4.78, 5) is 10.1. The van der Waals surface area contributed by atoms with Crippen molar-refractivity contribution in [1.29, 1.82) is 0 Å². The molecule has 0 aliphatic rings. The normalized spacial score (nSPS) is 11.2. The minimum atomic E-state index is -3.87. The van der Waals surface area contributed by atoms with Gasteiger partial charge in [0.25, 0.3) is 0 Å². The summed E-state index contributed by atoms with van der Waals surface area (Å²) in [6.45, 7) is 1.49. The van der Waals surface area contributed by atoms with Crippen molar-refractivity contribution in [1.82, 2.24) is 10.0 Å². The molecule has 0 aromatic heterocycles. The smallest absolute Gasteiger partial charge is 0.243 e. The lowest BCUT2D eigenvalue weighted by atomic mass is 10.4. The molecule has 0 aliphatic heterocycles. The van der Waals surface area contributed by atoms with Gasteiger partial charge in [0.2, 0.25) is 15.9 Å². The molecule has 0 aliphatic carbocycles. The zero-order valence-corrected chi connectivity index (χ0v) is 10.1. The zero-order chi connectivity index (χ0) is 12.9. The van der Waals surface area contributed by atoms with E-state index in [1.165, 1.54) is 25.1 Å². The van der Waals surface area contributed by atoms with Crippen molar-refractivity contribution in [3.8, 4) is 0 Å². The van der Waals surface area contributed by atoms with Gasteiger partial charge in [-0.3, -0.25) is 4.79 Å². The molecule has 0 bridgehead atoms. The SMILES string of the molecule is CC(=O)NCCNS(=O)(=O)c1ccccc1F. The fourth-order valence-electron chi connectivity index (χ4n) is 1.16. The van der Waals surface area contributed by atoms with Gasteiger partial charge in [-0.25, -0.2) is 17.5 Å². The molecule has 0 fully saturated rings. The van der Waals surface area contributed by atoms with E-state index in [1.807, 2.05) is 0 Å². The van der Waals surface area contributed by atoms with Crippen LogP contribution in [0, 0.1) is 5.82 Å². The maximum absolute atomic E-state index is 13.2. The molecule has 0 radical (unpaired) electrons. The monoisotopic (exact) mass is 260 g/mol. The Balaban J connectivity index is 2.64. The third-order valence-corrected chi connectivity index (χ3v) is 3.41. The van der Waals surface area contributed by atoms with Gasteiger partial charge in [-0.15, -0.1) is 0 Å². The summed E-state index contributed by atoms with van der Waals surface area (Å²) in [6, 6.07) is 5.09. The van der Waals surface area contributed by atoms with Crippen LogP contribution in [0.15, 0.2) is 29.2 Å². The molecule has 17 heavy (non-hydrogen) atoms. The number of amides is 1. The Bertz CT molecular complexity index is 502. The summed E-state index contributed by atoms with van der Waals surface area (Å²) in [6.07, 6.45) is 0. The molecule has 0 unspecified atom stereocenters. The molecule has 1 aromatic carbocycles. The molecule has 1 rings (SSSR count). The molecule has 2 N–H and O–H groups in total. The Morgan fingerprint density at radius 3 is 2.53 bits per heavy atom. The minimum absolute atomic E-state index is 0.0102. The molecule has 94 valence electrons. The van der Waals surface area contributed by atoms with E-state index in [4.69, 9.17) is 0 Å². The van der Waals surface area contributed by atoms with E-state index in [2.05, 4.69) is 10.0 Å². The molecular formula is C10H13FN2O3S. The standard InChI is InChI=1S/C10H13FN2O3S/c1-8(14)12-6-7-13-17(15,16)10-5-3-2-4-9(10)11/h2-5,13H,6-7H2,1H3,(H,12,14). The summed E-state index contributed by atoms with van der Waals surface area (Å²) < 4.78 is 38.7. The first-order valence-electron chi connectivity index (χ1n) is 4.92. The van der Waals surface area contributed by atoms with E-state index >= 15 is 0 Å². The third kappa shape index (κ3) is 4.12. The van der Waals surface area contributed by atoms with E-state index in [0.29, 0.717) is 0 Å². The summed E-state index contributed by atoms with van der Waals surface area (Å²) in [5.74, 6) is -1.06. The van der Waals surface area contributed by atoms with Gasteiger partial charge < -0.3 is 5.32 Å². The minimum Gasteiger partial charge on any atom is -0.355 e. The van der Waals surface area contributed by atoms with Crippen molar-refractivity contribution in [3.63, 3.8) is 0 Å². The van der Waals surface area contributed by atoms with Crippen LogP contribution < -0.4 is 10.0 Å². The maximum atomic E-state index is 13.2. The summed E-state index contributed by atoms with van der Waals surface area (Å²) in [5, 5.41) is 2.42. The number of sulfonamides is 1. The second kappa shape index (κ2) is 5.74. The number of hydrogen-bond acceptors (Lipinski definition) is 3. The average Bonchev–Trinajstić information content (AvgIpc) is 2.24. The molecule has 1 aromatic rings. The van der Waals surface area contributed by atoms with Gasteiger partial charge in [0.1, 0.15) is 10.7 Å². The highest BCUT2D eigenvalue weighted by Crippen LogP contribution is 2.12. The fraction of sp³-hybridized carbons (Fsp3) is 0.300. The summed E-state index contributed by atoms with van der Waals surface area (Å²) in [7, 11) is -3.87. The lowest BCUT2D eigenvalue weighted by molar-refractivity contribution is -0.118. The Morgan fingerprint density at radius 2 is 1.94 bits per heavy atom. The Hall–Kier alpha value is -1.47. The van der Waals surface area contributed by atoms with Crippen LogP contribution in [-0.2, 0) is 14.8 Å². The molecular weight excluding hydrogens is 247 g/mol. The van der Waals surface area contributed by atoms with Crippen molar-refractivity contribution >= 4 is 15.9 Å². The second-order valence-electron chi connectivity index (χ2n) is 3.31. The highest BCUT2D eigenvalue weighted by Gasteiger charge is 2.17. The summed E-state index contributed by atoms with van der Waals surface area (Å²) >= 11 is 0. The molecule has 0 saturated heterocycles. The van der Waals surface area contributed by atoms with Crippen LogP contribution >= 0.6 is 0 Å². The van der Waals surface area contributed by atoms with E-state index in [0.717, 1.165) is 6.07 Å². The Labute approximate surface area is 99.1 Å². The number of rotatable bonds is 5. The molecule has 1 amide bonds. The predicted octanol–water partition coefficient (Wildman–Crippen LogP) is 0.240. The first kappa shape index (κ1) is 13.6. The van der Waals surface area contributed by atoms with Gasteiger partial charge >= 0.3 is 0 Å². The molecule has 0 atom stereocenters. The van der Waals surface area contributed by atoms with E-state index in [9.17, 15) is 17.6 Å². The van der Waals surface area contributed by atoms with Gasteiger partial charge in [0.05, 0.1) is 0 Å². The number of hydrogen-bond donors (Lipinski definition) is 2. The van der Waals surface area contributed by atoms with Gasteiger partial charge in [-0.05, 0) is 12.1 Å². The highest BCUT2D eigenvalue weighted by molar-refractivity contribution is 7.89. The Kier molecular flexibility index (Phi) is 4.59. The topological polar surface area (TPSA) is 75.3 Å². The molecule has 0 spiro atoms. The van der Waals surface area contributed by atoms with E-state index < -0.39 is 20.7 Å². The van der Waals surface area contributed by atoms with Crippen LogP contribution in [0.2, 0.25) is 0 Å². The number of nitrogens with one attached hydrogen (secondary N) is 2. The maximum Gasteiger partial charge on any atom is 0.243 e. The van der Waals surface area contributed by atoms with E-state index in [1.54, 1.807) is 0 Å². The third-order valence-electron chi connectivity index (χ3n) is 1.92. The van der Waals surface area contributed by atoms with Crippen LogP contribution in [0.1, 0.15) is 6.92 Å². The molecule has 0 saturated carbocycles. The quantitative estimate of drug-likeness (QED) is 0.745. The van der Waals surface area contributed by atoms with Crippen LogP contribution in [-0.4, -0.2) is 27.4 Å². The van der Waals surface area contributed by atoms with Gasteiger partial charge in [-0.1, -0.05) is 12.1 Å². The number of carbonyl (C=O) groups is 1. The van der Waals surface area contributed by atoms with Crippen LogP contribution in [0.5, 0.6) is 0 Å². The first-order valence-corrected chi connectivity index (χ1v) is 6.40. The van der Waals surface area contributed by atoms with Crippen molar-refractivity contribution in [2.45, 2.75) is 11.8 Å². The Morgan fingerprint density at radius 1 is 1.29 bits per heavy atom. The van der Waals surface area contributed by atoms with Gasteiger partial charge in [-0.2, -0.15) is 0 Å². The molecule has 0 heterocycles. The van der Waals surface area contributed by atoms with Gasteiger partial charge in [0.15, 0.2) is 0 Å². The number of halogens is 1. The van der Waals surface area contributed by atoms with E-state index in [-0.39, 0.29) is 19.0 Å². The van der Waals surface area contributed by atoms with Crippen molar-refractivity contribution in [2.24, 2.45) is 0 Å². The number of carbonyl (C=O) groups excluding carboxylic acids is 1. The van der Waals surface area contributed by atoms with Crippen LogP contribution in [0.4, 0.5) is 4.39 Å². The molecule has 5 nitrogen and oxygen atoms in total. The largest absolute Gasteiger partial charge is 0.355 e. The zero-order valence-electron chi connectivity index (χ0n) is 9.23. The average molecular weight is 260 g/mol. The lowest BCUT2D eigenvalue weighted by Crippen LogP contribution is -2.34.